The molecule has 0 spiro atoms. The molecule has 0 bridgehead atoms. The van der Waals surface area contributed by atoms with Crippen molar-refractivity contribution in [2.75, 3.05) is 74.6 Å². The van der Waals surface area contributed by atoms with Crippen molar-refractivity contribution in [3.05, 3.63) is 36.4 Å². The molecule has 0 radical (unpaired) electrons. The number of benzene rings is 1. The summed E-state index contributed by atoms with van der Waals surface area (Å²) in [4.78, 5) is 25.6. The SMILES string of the molecule is Cc1nc(N[C@H]2CC[C@@H](Oc3cc(N4CCOCC4)cc4nccnc34)CC2)cc(N2CCN(C)CC2)n1. The number of aromatic nitrogens is 4. The average molecular weight is 519 g/mol. The number of nitrogens with one attached hydrogen (secondary N) is 1. The molecule has 1 N–H and O–H groups in total. The number of ether oxygens (including phenoxy) is 2. The third-order valence-electron chi connectivity index (χ3n) is 7.87. The number of anilines is 3. The molecule has 6 rings (SSSR count). The zero-order valence-corrected chi connectivity index (χ0v) is 22.5. The molecule has 0 atom stereocenters. The fraction of sp³-hybridized carbons (Fsp3) is 0.571. The van der Waals surface area contributed by atoms with Gasteiger partial charge >= 0.3 is 0 Å². The number of hydrogen-bond donors (Lipinski definition) is 1. The molecule has 4 heterocycles. The first-order valence-corrected chi connectivity index (χ1v) is 13.9. The molecule has 3 aliphatic rings. The van der Waals surface area contributed by atoms with Gasteiger partial charge in [0.25, 0.3) is 0 Å². The number of morpholine rings is 1. The van der Waals surface area contributed by atoms with Crippen LogP contribution >= 0.6 is 0 Å². The smallest absolute Gasteiger partial charge is 0.149 e. The van der Waals surface area contributed by atoms with E-state index in [1.54, 1.807) is 12.4 Å². The van der Waals surface area contributed by atoms with Gasteiger partial charge in [-0.25, -0.2) is 15.0 Å². The fourth-order valence-corrected chi connectivity index (χ4v) is 5.66. The summed E-state index contributed by atoms with van der Waals surface area (Å²) in [5.74, 6) is 3.60. The Balaban J connectivity index is 1.10. The first kappa shape index (κ1) is 25.1. The lowest BCUT2D eigenvalue weighted by atomic mass is 9.93. The van der Waals surface area contributed by atoms with Crippen molar-refractivity contribution in [1.82, 2.24) is 24.8 Å². The minimum atomic E-state index is 0.159. The maximum atomic E-state index is 6.60. The molecule has 3 aromatic rings. The van der Waals surface area contributed by atoms with Gasteiger partial charge in [0, 0.05) is 75.5 Å². The minimum absolute atomic E-state index is 0.159. The molecule has 2 aliphatic heterocycles. The van der Waals surface area contributed by atoms with E-state index in [-0.39, 0.29) is 6.10 Å². The van der Waals surface area contributed by atoms with E-state index in [2.05, 4.69) is 55.2 Å². The lowest BCUT2D eigenvalue weighted by molar-refractivity contribution is 0.122. The molecular weight excluding hydrogens is 480 g/mol. The van der Waals surface area contributed by atoms with Gasteiger partial charge in [0.1, 0.15) is 28.7 Å². The lowest BCUT2D eigenvalue weighted by Crippen LogP contribution is -2.45. The Labute approximate surface area is 224 Å². The van der Waals surface area contributed by atoms with E-state index in [9.17, 15) is 0 Å². The summed E-state index contributed by atoms with van der Waals surface area (Å²) in [7, 11) is 2.17. The highest BCUT2D eigenvalue weighted by atomic mass is 16.5. The Morgan fingerprint density at radius 3 is 2.42 bits per heavy atom. The highest BCUT2D eigenvalue weighted by Crippen LogP contribution is 2.33. The van der Waals surface area contributed by atoms with Crippen LogP contribution in [0.5, 0.6) is 5.75 Å². The van der Waals surface area contributed by atoms with Crippen LogP contribution in [-0.2, 0) is 4.74 Å². The van der Waals surface area contributed by atoms with Gasteiger partial charge in [-0.1, -0.05) is 0 Å². The molecule has 2 aromatic heterocycles. The highest BCUT2D eigenvalue weighted by molar-refractivity contribution is 5.85. The van der Waals surface area contributed by atoms with E-state index in [1.807, 2.05) is 6.92 Å². The maximum Gasteiger partial charge on any atom is 0.149 e. The molecule has 10 heteroatoms. The predicted octanol–water partition coefficient (Wildman–Crippen LogP) is 3.12. The predicted molar refractivity (Wildman–Crippen MR) is 149 cm³/mol. The van der Waals surface area contributed by atoms with Crippen LogP contribution in [-0.4, -0.2) is 96.5 Å². The summed E-state index contributed by atoms with van der Waals surface area (Å²) in [5.41, 5.74) is 2.83. The van der Waals surface area contributed by atoms with Crippen molar-refractivity contribution >= 4 is 28.4 Å². The van der Waals surface area contributed by atoms with Gasteiger partial charge in [-0.2, -0.15) is 0 Å². The second kappa shape index (κ2) is 11.2. The van der Waals surface area contributed by atoms with Crippen LogP contribution < -0.4 is 19.9 Å². The van der Waals surface area contributed by atoms with Gasteiger partial charge < -0.3 is 29.5 Å². The second-order valence-corrected chi connectivity index (χ2v) is 10.7. The number of fused-ring (bicyclic) bond motifs is 1. The summed E-state index contributed by atoms with van der Waals surface area (Å²) in [6, 6.07) is 6.74. The highest BCUT2D eigenvalue weighted by Gasteiger charge is 2.25. The standard InChI is InChI=1S/C28H38N8O2/c1-20-31-26(19-27(32-20)36-11-9-34(2)10-12-36)33-21-3-5-23(6-4-21)38-25-18-22(35-13-15-37-16-14-35)17-24-28(25)30-8-7-29-24/h7-8,17-19,21,23H,3-6,9-16H2,1-2H3,(H,31,32,33)/t21-,23+. The van der Waals surface area contributed by atoms with Crippen LogP contribution in [0.2, 0.25) is 0 Å². The summed E-state index contributed by atoms with van der Waals surface area (Å²) in [5, 5.41) is 3.69. The molecule has 1 aliphatic carbocycles. The van der Waals surface area contributed by atoms with E-state index in [1.165, 1.54) is 0 Å². The Hall–Kier alpha value is -3.24. The Morgan fingerprint density at radius 2 is 1.63 bits per heavy atom. The first-order chi connectivity index (χ1) is 18.6. The van der Waals surface area contributed by atoms with Crippen LogP contribution in [0.25, 0.3) is 11.0 Å². The van der Waals surface area contributed by atoms with E-state index in [0.717, 1.165) is 118 Å². The monoisotopic (exact) mass is 518 g/mol. The van der Waals surface area contributed by atoms with Crippen LogP contribution in [0.15, 0.2) is 30.6 Å². The molecular formula is C28H38N8O2. The molecule has 38 heavy (non-hydrogen) atoms. The Morgan fingerprint density at radius 1 is 0.868 bits per heavy atom. The molecule has 202 valence electrons. The summed E-state index contributed by atoms with van der Waals surface area (Å²) >= 11 is 0. The number of piperazine rings is 1. The average Bonchev–Trinajstić information content (AvgIpc) is 2.94. The van der Waals surface area contributed by atoms with Gasteiger partial charge in [-0.3, -0.25) is 4.98 Å². The molecule has 1 saturated carbocycles. The van der Waals surface area contributed by atoms with E-state index in [0.29, 0.717) is 6.04 Å². The normalized spacial score (nSPS) is 23.0. The number of rotatable bonds is 6. The van der Waals surface area contributed by atoms with Crippen molar-refractivity contribution in [3.63, 3.8) is 0 Å². The molecule has 2 saturated heterocycles. The molecule has 3 fully saturated rings. The van der Waals surface area contributed by atoms with Crippen molar-refractivity contribution in [2.24, 2.45) is 0 Å². The quantitative estimate of drug-likeness (QED) is 0.525. The van der Waals surface area contributed by atoms with Crippen LogP contribution in [0, 0.1) is 6.92 Å². The summed E-state index contributed by atoms with van der Waals surface area (Å²) in [6.45, 7) is 9.35. The molecule has 0 unspecified atom stereocenters. The second-order valence-electron chi connectivity index (χ2n) is 10.7. The summed E-state index contributed by atoms with van der Waals surface area (Å²) in [6.07, 6.45) is 7.67. The molecule has 1 aromatic carbocycles. The number of nitrogens with zero attached hydrogens (tertiary/aromatic N) is 7. The number of aryl methyl sites for hydroxylation is 1. The van der Waals surface area contributed by atoms with Crippen LogP contribution in [0.4, 0.5) is 17.3 Å². The minimum Gasteiger partial charge on any atom is -0.488 e. The third kappa shape index (κ3) is 5.76. The van der Waals surface area contributed by atoms with Crippen molar-refractivity contribution in [3.8, 4) is 5.75 Å². The molecule has 0 amide bonds. The third-order valence-corrected chi connectivity index (χ3v) is 7.87. The Bertz CT molecular complexity index is 1230. The Kier molecular flexibility index (Phi) is 7.42. The van der Waals surface area contributed by atoms with E-state index < -0.39 is 0 Å². The lowest BCUT2D eigenvalue weighted by Gasteiger charge is -2.34. The van der Waals surface area contributed by atoms with E-state index >= 15 is 0 Å². The topological polar surface area (TPSA) is 91.8 Å². The van der Waals surface area contributed by atoms with Crippen LogP contribution in [0.3, 0.4) is 0 Å². The van der Waals surface area contributed by atoms with Gasteiger partial charge in [-0.05, 0) is 45.7 Å². The number of likely N-dealkylation sites (N-methyl/N-ethyl adjacent to an activating group) is 1. The van der Waals surface area contributed by atoms with Gasteiger partial charge in [0.15, 0.2) is 0 Å². The zero-order chi connectivity index (χ0) is 25.9. The summed E-state index contributed by atoms with van der Waals surface area (Å²) < 4.78 is 12.1. The largest absolute Gasteiger partial charge is 0.488 e. The van der Waals surface area contributed by atoms with Crippen molar-refractivity contribution in [2.45, 2.75) is 44.8 Å². The van der Waals surface area contributed by atoms with Gasteiger partial charge in [0.2, 0.25) is 0 Å². The van der Waals surface area contributed by atoms with Gasteiger partial charge in [-0.15, -0.1) is 0 Å². The maximum absolute atomic E-state index is 6.60. The number of hydrogen-bond acceptors (Lipinski definition) is 10. The first-order valence-electron chi connectivity index (χ1n) is 13.9. The van der Waals surface area contributed by atoms with Crippen molar-refractivity contribution in [1.29, 1.82) is 0 Å². The van der Waals surface area contributed by atoms with E-state index in [4.69, 9.17) is 19.4 Å². The zero-order valence-electron chi connectivity index (χ0n) is 22.5. The van der Waals surface area contributed by atoms with Gasteiger partial charge in [0.05, 0.1) is 24.8 Å². The fourth-order valence-electron chi connectivity index (χ4n) is 5.66. The van der Waals surface area contributed by atoms with Crippen molar-refractivity contribution < 1.29 is 9.47 Å². The molecule has 10 nitrogen and oxygen atoms in total. The van der Waals surface area contributed by atoms with Crippen LogP contribution in [0.1, 0.15) is 31.5 Å².